The van der Waals surface area contributed by atoms with Crippen LogP contribution in [0.25, 0.3) is 0 Å². The minimum absolute atomic E-state index is 0.366. The van der Waals surface area contributed by atoms with Crippen LogP contribution >= 0.6 is 0 Å². The van der Waals surface area contributed by atoms with Gasteiger partial charge in [-0.15, -0.1) is 0 Å². The maximum absolute atomic E-state index is 9.82. The Hall–Kier alpha value is -0.240. The second-order valence-electron chi connectivity index (χ2n) is 4.46. The highest BCUT2D eigenvalue weighted by Crippen LogP contribution is 2.25. The van der Waals surface area contributed by atoms with Gasteiger partial charge < -0.3 is 25.2 Å². The summed E-state index contributed by atoms with van der Waals surface area (Å²) in [5.41, 5.74) is 0. The van der Waals surface area contributed by atoms with Gasteiger partial charge in [-0.25, -0.2) is 0 Å². The monoisotopic (exact) mass is 233 g/mol. The van der Waals surface area contributed by atoms with Crippen LogP contribution in [0, 0.1) is 0 Å². The van der Waals surface area contributed by atoms with Crippen molar-refractivity contribution in [3.63, 3.8) is 0 Å². The Balaban J connectivity index is 2.06. The summed E-state index contributed by atoms with van der Waals surface area (Å²) in [6, 6.07) is 0. The van der Waals surface area contributed by atoms with Crippen LogP contribution in [0.2, 0.25) is 0 Å². The van der Waals surface area contributed by atoms with Crippen molar-refractivity contribution >= 4 is 0 Å². The minimum atomic E-state index is -1.27. The Labute approximate surface area is 94.1 Å². The number of likely N-dealkylation sites (tertiary alicyclic amines) is 1. The highest BCUT2D eigenvalue weighted by molar-refractivity contribution is 4.92. The Morgan fingerprint density at radius 2 is 1.62 bits per heavy atom. The van der Waals surface area contributed by atoms with E-state index in [-0.39, 0.29) is 6.61 Å². The van der Waals surface area contributed by atoms with Crippen LogP contribution in [0.5, 0.6) is 0 Å². The maximum atomic E-state index is 9.82. The van der Waals surface area contributed by atoms with E-state index in [9.17, 15) is 15.3 Å². The molecule has 0 aromatic rings. The molecule has 0 aliphatic carbocycles. The first-order valence-electron chi connectivity index (χ1n) is 5.69. The number of nitrogens with zero attached hydrogens (tertiary/aromatic N) is 1. The molecule has 0 saturated carbocycles. The molecule has 2 rings (SSSR count). The first kappa shape index (κ1) is 12.2. The van der Waals surface area contributed by atoms with Gasteiger partial charge in [0.25, 0.3) is 0 Å². The van der Waals surface area contributed by atoms with Gasteiger partial charge in [0.1, 0.15) is 30.6 Å². The summed E-state index contributed by atoms with van der Waals surface area (Å²) >= 11 is 0. The summed E-state index contributed by atoms with van der Waals surface area (Å²) in [5.74, 6) is 0. The molecule has 0 amide bonds. The zero-order valence-corrected chi connectivity index (χ0v) is 9.07. The molecule has 0 aromatic carbocycles. The highest BCUT2D eigenvalue weighted by atomic mass is 16.6. The molecule has 6 heteroatoms. The molecule has 0 radical (unpaired) electrons. The molecule has 94 valence electrons. The van der Waals surface area contributed by atoms with Crippen molar-refractivity contribution in [3.8, 4) is 0 Å². The number of aliphatic hydroxyl groups excluding tert-OH is 4. The smallest absolute Gasteiger partial charge is 0.140 e. The average Bonchev–Trinajstić information content (AvgIpc) is 2.80. The number of hydrogen-bond acceptors (Lipinski definition) is 6. The van der Waals surface area contributed by atoms with Crippen molar-refractivity contribution in [1.82, 2.24) is 4.90 Å². The highest BCUT2D eigenvalue weighted by Gasteiger charge is 2.45. The Bertz CT molecular complexity index is 231. The first-order chi connectivity index (χ1) is 7.65. The third-order valence-electron chi connectivity index (χ3n) is 3.37. The fourth-order valence-corrected chi connectivity index (χ4v) is 2.38. The lowest BCUT2D eigenvalue weighted by Crippen LogP contribution is -2.62. The van der Waals surface area contributed by atoms with Crippen molar-refractivity contribution in [1.29, 1.82) is 0 Å². The molecule has 0 bridgehead atoms. The van der Waals surface area contributed by atoms with Crippen LogP contribution in [0.4, 0.5) is 0 Å². The predicted molar refractivity (Wildman–Crippen MR) is 54.6 cm³/mol. The zero-order valence-electron chi connectivity index (χ0n) is 9.07. The maximum Gasteiger partial charge on any atom is 0.140 e. The van der Waals surface area contributed by atoms with Crippen molar-refractivity contribution in [2.75, 3.05) is 19.7 Å². The molecule has 2 aliphatic rings. The van der Waals surface area contributed by atoms with Gasteiger partial charge in [0.15, 0.2) is 0 Å². The van der Waals surface area contributed by atoms with Gasteiger partial charge >= 0.3 is 0 Å². The van der Waals surface area contributed by atoms with E-state index in [0.717, 1.165) is 25.9 Å². The first-order valence-corrected chi connectivity index (χ1v) is 5.69. The quantitative estimate of drug-likeness (QED) is 0.436. The number of aliphatic hydroxyl groups is 4. The average molecular weight is 233 g/mol. The van der Waals surface area contributed by atoms with E-state index in [0.29, 0.717) is 0 Å². The molecule has 16 heavy (non-hydrogen) atoms. The molecular formula is C10H19NO5. The van der Waals surface area contributed by atoms with Gasteiger partial charge in [-0.3, -0.25) is 4.90 Å². The molecule has 2 fully saturated rings. The predicted octanol–water partition coefficient (Wildman–Crippen LogP) is -2.12. The number of ether oxygens (including phenoxy) is 1. The second kappa shape index (κ2) is 4.95. The molecule has 6 nitrogen and oxygen atoms in total. The molecule has 2 saturated heterocycles. The summed E-state index contributed by atoms with van der Waals surface area (Å²) in [4.78, 5) is 1.93. The summed E-state index contributed by atoms with van der Waals surface area (Å²) in [6.45, 7) is 1.25. The SMILES string of the molecule is OC[C@H]1OC(N2CCCC2)[C@H](O)[C@@H](O)[C@H]1O. The van der Waals surface area contributed by atoms with Crippen LogP contribution in [-0.4, -0.2) is 75.7 Å². The minimum Gasteiger partial charge on any atom is -0.394 e. The molecular weight excluding hydrogens is 214 g/mol. The van der Waals surface area contributed by atoms with Gasteiger partial charge in [0.2, 0.25) is 0 Å². The molecule has 5 atom stereocenters. The van der Waals surface area contributed by atoms with Crippen molar-refractivity contribution in [2.45, 2.75) is 43.5 Å². The normalized spacial score (nSPS) is 46.1. The largest absolute Gasteiger partial charge is 0.394 e. The summed E-state index contributed by atoms with van der Waals surface area (Å²) in [6.07, 6.45) is -3.02. The van der Waals surface area contributed by atoms with Gasteiger partial charge in [-0.1, -0.05) is 0 Å². The van der Waals surface area contributed by atoms with Crippen LogP contribution in [0.3, 0.4) is 0 Å². The van der Waals surface area contributed by atoms with Crippen molar-refractivity contribution in [2.24, 2.45) is 0 Å². The summed E-state index contributed by atoms with van der Waals surface area (Å²) in [7, 11) is 0. The van der Waals surface area contributed by atoms with Crippen molar-refractivity contribution in [3.05, 3.63) is 0 Å². The van der Waals surface area contributed by atoms with E-state index in [1.807, 2.05) is 4.90 Å². The van der Waals surface area contributed by atoms with Gasteiger partial charge in [0, 0.05) is 13.1 Å². The summed E-state index contributed by atoms with van der Waals surface area (Å²) < 4.78 is 5.43. The third-order valence-corrected chi connectivity index (χ3v) is 3.37. The van der Waals surface area contributed by atoms with Gasteiger partial charge in [-0.05, 0) is 12.8 Å². The van der Waals surface area contributed by atoms with E-state index in [1.165, 1.54) is 0 Å². The molecule has 2 heterocycles. The standard InChI is InChI=1S/C10H19NO5/c12-5-6-7(13)8(14)9(15)10(16-6)11-3-1-2-4-11/h6-10,12-15H,1-5H2/t6-,7+,8+,9-,10?/m1/s1. The van der Waals surface area contributed by atoms with Gasteiger partial charge in [-0.2, -0.15) is 0 Å². The van der Waals surface area contributed by atoms with Crippen molar-refractivity contribution < 1.29 is 25.2 Å². The lowest BCUT2D eigenvalue weighted by Gasteiger charge is -2.43. The van der Waals surface area contributed by atoms with Crippen LogP contribution in [-0.2, 0) is 4.74 Å². The van der Waals surface area contributed by atoms with E-state index < -0.39 is 30.6 Å². The third kappa shape index (κ3) is 2.09. The van der Waals surface area contributed by atoms with E-state index in [4.69, 9.17) is 9.84 Å². The second-order valence-corrected chi connectivity index (χ2v) is 4.46. The Morgan fingerprint density at radius 3 is 2.19 bits per heavy atom. The number of hydrogen-bond donors (Lipinski definition) is 4. The lowest BCUT2D eigenvalue weighted by atomic mass is 9.98. The van der Waals surface area contributed by atoms with Crippen LogP contribution in [0.1, 0.15) is 12.8 Å². The van der Waals surface area contributed by atoms with Crippen LogP contribution in [0.15, 0.2) is 0 Å². The molecule has 0 spiro atoms. The lowest BCUT2D eigenvalue weighted by molar-refractivity contribution is -0.262. The van der Waals surface area contributed by atoms with Gasteiger partial charge in [0.05, 0.1) is 6.61 Å². The Morgan fingerprint density at radius 1 is 1.00 bits per heavy atom. The molecule has 4 N–H and O–H groups in total. The van der Waals surface area contributed by atoms with Crippen LogP contribution < -0.4 is 0 Å². The number of rotatable bonds is 2. The van der Waals surface area contributed by atoms with E-state index in [2.05, 4.69) is 0 Å². The fraction of sp³-hybridized carbons (Fsp3) is 1.00. The van der Waals surface area contributed by atoms with E-state index >= 15 is 0 Å². The molecule has 1 unspecified atom stereocenters. The summed E-state index contributed by atoms with van der Waals surface area (Å²) in [5, 5.41) is 38.1. The molecule has 0 aromatic heterocycles. The zero-order chi connectivity index (χ0) is 11.7. The molecule has 2 aliphatic heterocycles. The topological polar surface area (TPSA) is 93.4 Å². The Kier molecular flexibility index (Phi) is 3.78. The fourth-order valence-electron chi connectivity index (χ4n) is 2.38. The van der Waals surface area contributed by atoms with E-state index in [1.54, 1.807) is 0 Å².